The second-order valence-corrected chi connectivity index (χ2v) is 4.83. The van der Waals surface area contributed by atoms with Crippen molar-refractivity contribution in [2.45, 2.75) is 38.0 Å². The minimum absolute atomic E-state index is 0.264. The Morgan fingerprint density at radius 1 is 1.06 bits per heavy atom. The summed E-state index contributed by atoms with van der Waals surface area (Å²) in [5, 5.41) is 0. The van der Waals surface area contributed by atoms with Crippen LogP contribution in [-0.2, 0) is 5.41 Å². The Balaban J connectivity index is 2.43. The van der Waals surface area contributed by atoms with E-state index in [1.54, 1.807) is 14.2 Å². The van der Waals surface area contributed by atoms with Crippen molar-refractivity contribution < 1.29 is 9.47 Å². The van der Waals surface area contributed by atoms with Crippen molar-refractivity contribution >= 4 is 0 Å². The van der Waals surface area contributed by atoms with Crippen LogP contribution in [0.2, 0.25) is 0 Å². The van der Waals surface area contributed by atoms with Crippen molar-refractivity contribution in [1.82, 2.24) is 0 Å². The maximum atomic E-state index is 5.47. The van der Waals surface area contributed by atoms with Gasteiger partial charge in [-0.25, -0.2) is 0 Å². The van der Waals surface area contributed by atoms with Crippen molar-refractivity contribution in [3.8, 4) is 11.5 Å². The van der Waals surface area contributed by atoms with Gasteiger partial charge in [0.1, 0.15) is 11.5 Å². The lowest BCUT2D eigenvalue weighted by molar-refractivity contribution is 0.378. The zero-order valence-electron chi connectivity index (χ0n) is 10.4. The summed E-state index contributed by atoms with van der Waals surface area (Å²) >= 11 is 0. The van der Waals surface area contributed by atoms with Crippen LogP contribution in [0.3, 0.4) is 0 Å². The summed E-state index contributed by atoms with van der Waals surface area (Å²) in [4.78, 5) is 0. The van der Waals surface area contributed by atoms with Gasteiger partial charge >= 0.3 is 0 Å². The lowest BCUT2D eigenvalue weighted by Crippen LogP contribution is -2.18. The monoisotopic (exact) mass is 220 g/mol. The molecule has 1 aliphatic rings. The topological polar surface area (TPSA) is 18.5 Å². The molecule has 0 aromatic heterocycles. The lowest BCUT2D eigenvalue weighted by atomic mass is 9.80. The van der Waals surface area contributed by atoms with Gasteiger partial charge in [0.25, 0.3) is 0 Å². The van der Waals surface area contributed by atoms with Gasteiger partial charge in [0.2, 0.25) is 0 Å². The minimum Gasteiger partial charge on any atom is -0.497 e. The molecule has 2 rings (SSSR count). The molecule has 0 amide bonds. The highest BCUT2D eigenvalue weighted by Crippen LogP contribution is 2.45. The molecule has 0 aliphatic heterocycles. The fourth-order valence-corrected chi connectivity index (χ4v) is 2.71. The quantitative estimate of drug-likeness (QED) is 0.775. The van der Waals surface area contributed by atoms with Crippen molar-refractivity contribution in [1.29, 1.82) is 0 Å². The molecular weight excluding hydrogens is 200 g/mol. The van der Waals surface area contributed by atoms with E-state index in [1.165, 1.54) is 31.2 Å². The molecule has 0 bridgehead atoms. The molecule has 88 valence electrons. The van der Waals surface area contributed by atoms with Crippen LogP contribution in [0.4, 0.5) is 0 Å². The van der Waals surface area contributed by atoms with E-state index in [9.17, 15) is 0 Å². The second kappa shape index (κ2) is 4.36. The fraction of sp³-hybridized carbons (Fsp3) is 0.571. The summed E-state index contributed by atoms with van der Waals surface area (Å²) in [7, 11) is 3.45. The fourth-order valence-electron chi connectivity index (χ4n) is 2.71. The van der Waals surface area contributed by atoms with Gasteiger partial charge in [-0.3, -0.25) is 0 Å². The highest BCUT2D eigenvalue weighted by atomic mass is 16.5. The lowest BCUT2D eigenvalue weighted by Gasteiger charge is -2.26. The highest BCUT2D eigenvalue weighted by molar-refractivity contribution is 5.45. The van der Waals surface area contributed by atoms with Crippen LogP contribution in [-0.4, -0.2) is 14.2 Å². The Morgan fingerprint density at radius 2 is 1.75 bits per heavy atom. The molecule has 1 aromatic carbocycles. The van der Waals surface area contributed by atoms with E-state index in [0.717, 1.165) is 11.5 Å². The van der Waals surface area contributed by atoms with Crippen LogP contribution in [0, 0.1) is 0 Å². The maximum absolute atomic E-state index is 5.47. The SMILES string of the molecule is COc1ccc(OC)c(C2(C)CCCC2)c1. The maximum Gasteiger partial charge on any atom is 0.122 e. The second-order valence-electron chi connectivity index (χ2n) is 4.83. The van der Waals surface area contributed by atoms with E-state index in [-0.39, 0.29) is 5.41 Å². The molecule has 0 heterocycles. The molecule has 0 saturated heterocycles. The van der Waals surface area contributed by atoms with E-state index in [4.69, 9.17) is 9.47 Å². The van der Waals surface area contributed by atoms with E-state index < -0.39 is 0 Å². The zero-order chi connectivity index (χ0) is 11.6. The summed E-state index contributed by atoms with van der Waals surface area (Å²) in [6, 6.07) is 6.10. The molecule has 2 nitrogen and oxygen atoms in total. The molecule has 16 heavy (non-hydrogen) atoms. The van der Waals surface area contributed by atoms with Gasteiger partial charge in [0.05, 0.1) is 14.2 Å². The number of rotatable bonds is 3. The average Bonchev–Trinajstić information content (AvgIpc) is 2.76. The normalized spacial score (nSPS) is 18.4. The Bertz CT molecular complexity index is 365. The Kier molecular flexibility index (Phi) is 3.08. The van der Waals surface area contributed by atoms with Crippen molar-refractivity contribution in [3.63, 3.8) is 0 Å². The largest absolute Gasteiger partial charge is 0.497 e. The third-order valence-electron chi connectivity index (χ3n) is 3.76. The molecule has 1 saturated carbocycles. The van der Waals surface area contributed by atoms with Crippen LogP contribution >= 0.6 is 0 Å². The first-order valence-corrected chi connectivity index (χ1v) is 5.92. The summed E-state index contributed by atoms with van der Waals surface area (Å²) in [5.41, 5.74) is 1.56. The zero-order valence-corrected chi connectivity index (χ0v) is 10.4. The molecule has 1 fully saturated rings. The van der Waals surface area contributed by atoms with Gasteiger partial charge in [0, 0.05) is 5.56 Å². The summed E-state index contributed by atoms with van der Waals surface area (Å²) in [6.07, 6.45) is 5.13. The molecule has 0 atom stereocenters. The summed E-state index contributed by atoms with van der Waals surface area (Å²) < 4.78 is 10.8. The molecule has 2 heteroatoms. The van der Waals surface area contributed by atoms with Crippen LogP contribution < -0.4 is 9.47 Å². The van der Waals surface area contributed by atoms with E-state index in [1.807, 2.05) is 12.1 Å². The van der Waals surface area contributed by atoms with Crippen molar-refractivity contribution in [2.75, 3.05) is 14.2 Å². The molecule has 0 spiro atoms. The smallest absolute Gasteiger partial charge is 0.122 e. The minimum atomic E-state index is 0.264. The van der Waals surface area contributed by atoms with E-state index in [2.05, 4.69) is 13.0 Å². The molecule has 0 unspecified atom stereocenters. The number of ether oxygens (including phenoxy) is 2. The van der Waals surface area contributed by atoms with Gasteiger partial charge in [-0.15, -0.1) is 0 Å². The molecule has 1 aromatic rings. The number of benzene rings is 1. The van der Waals surface area contributed by atoms with Crippen LogP contribution in [0.25, 0.3) is 0 Å². The molecule has 0 radical (unpaired) electrons. The van der Waals surface area contributed by atoms with Crippen LogP contribution in [0.15, 0.2) is 18.2 Å². The van der Waals surface area contributed by atoms with Crippen molar-refractivity contribution in [2.24, 2.45) is 0 Å². The number of methoxy groups -OCH3 is 2. The summed E-state index contributed by atoms with van der Waals surface area (Å²) in [6.45, 7) is 2.33. The Morgan fingerprint density at radius 3 is 2.31 bits per heavy atom. The average molecular weight is 220 g/mol. The first-order valence-electron chi connectivity index (χ1n) is 5.92. The van der Waals surface area contributed by atoms with E-state index >= 15 is 0 Å². The third-order valence-corrected chi connectivity index (χ3v) is 3.76. The van der Waals surface area contributed by atoms with Gasteiger partial charge < -0.3 is 9.47 Å². The van der Waals surface area contributed by atoms with Gasteiger partial charge in [-0.2, -0.15) is 0 Å². The standard InChI is InChI=1S/C14H20O2/c1-14(8-4-5-9-14)12-10-11(15-2)6-7-13(12)16-3/h6-7,10H,4-5,8-9H2,1-3H3. The predicted molar refractivity (Wildman–Crippen MR) is 65.4 cm³/mol. The van der Waals surface area contributed by atoms with Gasteiger partial charge in [-0.05, 0) is 36.5 Å². The van der Waals surface area contributed by atoms with Crippen molar-refractivity contribution in [3.05, 3.63) is 23.8 Å². The third kappa shape index (κ3) is 1.89. The van der Waals surface area contributed by atoms with E-state index in [0.29, 0.717) is 0 Å². The molecule has 0 N–H and O–H groups in total. The summed E-state index contributed by atoms with van der Waals surface area (Å²) in [5.74, 6) is 1.91. The molecule has 1 aliphatic carbocycles. The van der Waals surface area contributed by atoms with Gasteiger partial charge in [0.15, 0.2) is 0 Å². The Hall–Kier alpha value is -1.18. The van der Waals surface area contributed by atoms with Gasteiger partial charge in [-0.1, -0.05) is 19.8 Å². The predicted octanol–water partition coefficient (Wildman–Crippen LogP) is 3.54. The van der Waals surface area contributed by atoms with Crippen LogP contribution in [0.5, 0.6) is 11.5 Å². The van der Waals surface area contributed by atoms with Crippen LogP contribution in [0.1, 0.15) is 38.2 Å². The number of hydrogen-bond acceptors (Lipinski definition) is 2. The molecular formula is C14H20O2. The Labute approximate surface area is 97.6 Å². The highest BCUT2D eigenvalue weighted by Gasteiger charge is 2.33. The first-order chi connectivity index (χ1) is 7.69. The number of hydrogen-bond donors (Lipinski definition) is 0. The first kappa shape index (κ1) is 11.3.